The van der Waals surface area contributed by atoms with Crippen molar-refractivity contribution < 1.29 is 9.53 Å². The van der Waals surface area contributed by atoms with Crippen LogP contribution >= 0.6 is 0 Å². The van der Waals surface area contributed by atoms with Gasteiger partial charge >= 0.3 is 0 Å². The summed E-state index contributed by atoms with van der Waals surface area (Å²) in [6, 6.07) is 0.117. The molecule has 1 atom stereocenters. The fraction of sp³-hybridized carbons (Fsp3) is 0.917. The summed E-state index contributed by atoms with van der Waals surface area (Å²) in [4.78, 5) is 11.5. The van der Waals surface area contributed by atoms with Gasteiger partial charge in [-0.25, -0.2) is 0 Å². The van der Waals surface area contributed by atoms with E-state index >= 15 is 0 Å². The Morgan fingerprint density at radius 3 is 2.62 bits per heavy atom. The fourth-order valence-electron chi connectivity index (χ4n) is 1.39. The van der Waals surface area contributed by atoms with Crippen LogP contribution in [0.1, 0.15) is 46.5 Å². The molecular weight excluding hydrogens is 204 g/mol. The summed E-state index contributed by atoms with van der Waals surface area (Å²) in [7, 11) is 0. The molecule has 4 heteroatoms. The average molecular weight is 230 g/mol. The summed E-state index contributed by atoms with van der Waals surface area (Å²) in [6.45, 7) is 7.04. The fourth-order valence-corrected chi connectivity index (χ4v) is 1.39. The molecule has 0 aromatic carbocycles. The molecule has 1 amide bonds. The van der Waals surface area contributed by atoms with Crippen LogP contribution in [0.5, 0.6) is 0 Å². The van der Waals surface area contributed by atoms with Gasteiger partial charge in [-0.1, -0.05) is 19.8 Å². The predicted molar refractivity (Wildman–Crippen MR) is 66.2 cm³/mol. The van der Waals surface area contributed by atoms with Crippen LogP contribution in [0.15, 0.2) is 0 Å². The molecule has 96 valence electrons. The minimum absolute atomic E-state index is 0.0344. The molecule has 0 radical (unpaired) electrons. The van der Waals surface area contributed by atoms with Gasteiger partial charge < -0.3 is 15.8 Å². The third-order valence-corrected chi connectivity index (χ3v) is 2.34. The van der Waals surface area contributed by atoms with E-state index in [0.29, 0.717) is 19.6 Å². The number of unbranched alkanes of at least 4 members (excludes halogenated alkanes) is 1. The summed E-state index contributed by atoms with van der Waals surface area (Å²) in [5, 5.41) is 2.93. The zero-order valence-corrected chi connectivity index (χ0v) is 10.8. The molecule has 4 nitrogen and oxygen atoms in total. The summed E-state index contributed by atoms with van der Waals surface area (Å²) in [5.41, 5.74) is 5.59. The first-order chi connectivity index (χ1) is 7.60. The van der Waals surface area contributed by atoms with Crippen LogP contribution in [0, 0.1) is 0 Å². The lowest BCUT2D eigenvalue weighted by Crippen LogP contribution is -2.40. The lowest BCUT2D eigenvalue weighted by Gasteiger charge is -2.16. The largest absolute Gasteiger partial charge is 0.378 e. The molecule has 0 bridgehead atoms. The molecular formula is C12H26N2O2. The Hall–Kier alpha value is -0.610. The van der Waals surface area contributed by atoms with Gasteiger partial charge in [-0.15, -0.1) is 0 Å². The SMILES string of the molecule is CCCCC(CN)NC(=O)CCOC(C)C. The van der Waals surface area contributed by atoms with Gasteiger partial charge in [0.1, 0.15) is 0 Å². The standard InChI is InChI=1S/C12H26N2O2/c1-4-5-6-11(9-13)14-12(15)7-8-16-10(2)3/h10-11H,4-9,13H2,1-3H3,(H,14,15). The van der Waals surface area contributed by atoms with Crippen LogP contribution in [-0.2, 0) is 9.53 Å². The van der Waals surface area contributed by atoms with Gasteiger partial charge in [0.05, 0.1) is 12.7 Å². The predicted octanol–water partition coefficient (Wildman–Crippen LogP) is 1.44. The molecule has 16 heavy (non-hydrogen) atoms. The van der Waals surface area contributed by atoms with Crippen molar-refractivity contribution in [2.24, 2.45) is 5.73 Å². The molecule has 0 spiro atoms. The number of amides is 1. The van der Waals surface area contributed by atoms with Crippen LogP contribution < -0.4 is 11.1 Å². The summed E-state index contributed by atoms with van der Waals surface area (Å²) in [5.74, 6) is 0.0344. The van der Waals surface area contributed by atoms with Crippen molar-refractivity contribution in [3.63, 3.8) is 0 Å². The van der Waals surface area contributed by atoms with E-state index in [2.05, 4.69) is 12.2 Å². The Morgan fingerprint density at radius 1 is 1.44 bits per heavy atom. The zero-order valence-electron chi connectivity index (χ0n) is 10.8. The van der Waals surface area contributed by atoms with Crippen molar-refractivity contribution in [1.82, 2.24) is 5.32 Å². The van der Waals surface area contributed by atoms with Gasteiger partial charge in [0.25, 0.3) is 0 Å². The van der Waals surface area contributed by atoms with Gasteiger partial charge in [0, 0.05) is 19.0 Å². The van der Waals surface area contributed by atoms with Crippen molar-refractivity contribution in [3.8, 4) is 0 Å². The van der Waals surface area contributed by atoms with E-state index in [9.17, 15) is 4.79 Å². The maximum atomic E-state index is 11.5. The Kier molecular flexibility index (Phi) is 9.24. The number of ether oxygens (including phenoxy) is 1. The van der Waals surface area contributed by atoms with Crippen LogP contribution in [0.25, 0.3) is 0 Å². The van der Waals surface area contributed by atoms with Crippen LogP contribution in [0.4, 0.5) is 0 Å². The molecule has 0 saturated carbocycles. The highest BCUT2D eigenvalue weighted by molar-refractivity contribution is 5.76. The summed E-state index contributed by atoms with van der Waals surface area (Å²) >= 11 is 0. The van der Waals surface area contributed by atoms with E-state index in [1.165, 1.54) is 0 Å². The quantitative estimate of drug-likeness (QED) is 0.630. The second-order valence-corrected chi connectivity index (χ2v) is 4.31. The van der Waals surface area contributed by atoms with Gasteiger partial charge in [-0.3, -0.25) is 4.79 Å². The molecule has 0 aliphatic rings. The highest BCUT2D eigenvalue weighted by atomic mass is 16.5. The van der Waals surface area contributed by atoms with Crippen LogP contribution in [0.2, 0.25) is 0 Å². The van der Waals surface area contributed by atoms with Gasteiger partial charge in [0.15, 0.2) is 0 Å². The molecule has 0 rings (SSSR count). The van der Waals surface area contributed by atoms with Crippen LogP contribution in [0.3, 0.4) is 0 Å². The topological polar surface area (TPSA) is 64.3 Å². The Bertz CT molecular complexity index is 184. The molecule has 0 aromatic heterocycles. The first kappa shape index (κ1) is 15.4. The van der Waals surface area contributed by atoms with E-state index in [1.807, 2.05) is 13.8 Å². The summed E-state index contributed by atoms with van der Waals surface area (Å²) < 4.78 is 5.32. The zero-order chi connectivity index (χ0) is 12.4. The maximum absolute atomic E-state index is 11.5. The number of hydrogen-bond donors (Lipinski definition) is 2. The molecule has 0 fully saturated rings. The number of nitrogens with one attached hydrogen (secondary N) is 1. The smallest absolute Gasteiger partial charge is 0.222 e. The lowest BCUT2D eigenvalue weighted by atomic mass is 10.1. The van der Waals surface area contributed by atoms with Crippen molar-refractivity contribution in [3.05, 3.63) is 0 Å². The minimum Gasteiger partial charge on any atom is -0.378 e. The molecule has 0 aliphatic heterocycles. The number of rotatable bonds is 9. The average Bonchev–Trinajstić information content (AvgIpc) is 2.23. The number of carbonyl (C=O) groups excluding carboxylic acids is 1. The third-order valence-electron chi connectivity index (χ3n) is 2.34. The molecule has 0 aliphatic carbocycles. The highest BCUT2D eigenvalue weighted by Crippen LogP contribution is 2.00. The highest BCUT2D eigenvalue weighted by Gasteiger charge is 2.09. The Balaban J connectivity index is 3.65. The number of nitrogens with two attached hydrogens (primary N) is 1. The van der Waals surface area contributed by atoms with E-state index in [4.69, 9.17) is 10.5 Å². The third kappa shape index (κ3) is 8.68. The van der Waals surface area contributed by atoms with Crippen LogP contribution in [-0.4, -0.2) is 31.2 Å². The molecule has 0 heterocycles. The second-order valence-electron chi connectivity index (χ2n) is 4.31. The molecule has 1 unspecified atom stereocenters. The van der Waals surface area contributed by atoms with Crippen molar-refractivity contribution >= 4 is 5.91 Å². The van der Waals surface area contributed by atoms with Gasteiger partial charge in [-0.2, -0.15) is 0 Å². The monoisotopic (exact) mass is 230 g/mol. The normalized spacial score (nSPS) is 12.8. The number of carbonyl (C=O) groups is 1. The maximum Gasteiger partial charge on any atom is 0.222 e. The number of hydrogen-bond acceptors (Lipinski definition) is 3. The lowest BCUT2D eigenvalue weighted by molar-refractivity contribution is -0.123. The first-order valence-corrected chi connectivity index (χ1v) is 6.21. The van der Waals surface area contributed by atoms with Crippen molar-refractivity contribution in [2.45, 2.75) is 58.6 Å². The van der Waals surface area contributed by atoms with E-state index in [1.54, 1.807) is 0 Å². The Morgan fingerprint density at radius 2 is 2.12 bits per heavy atom. The van der Waals surface area contributed by atoms with Gasteiger partial charge in [-0.05, 0) is 20.3 Å². The second kappa shape index (κ2) is 9.60. The van der Waals surface area contributed by atoms with Gasteiger partial charge in [0.2, 0.25) is 5.91 Å². The first-order valence-electron chi connectivity index (χ1n) is 6.21. The van der Waals surface area contributed by atoms with E-state index in [-0.39, 0.29) is 18.1 Å². The van der Waals surface area contributed by atoms with Crippen molar-refractivity contribution in [1.29, 1.82) is 0 Å². The van der Waals surface area contributed by atoms with E-state index in [0.717, 1.165) is 19.3 Å². The van der Waals surface area contributed by atoms with E-state index < -0.39 is 0 Å². The molecule has 3 N–H and O–H groups in total. The molecule has 0 aromatic rings. The summed E-state index contributed by atoms with van der Waals surface area (Å²) in [6.07, 6.45) is 3.79. The molecule has 0 saturated heterocycles. The Labute approximate surface area is 98.9 Å². The minimum atomic E-state index is 0.0344. The van der Waals surface area contributed by atoms with Crippen molar-refractivity contribution in [2.75, 3.05) is 13.2 Å².